The molecule has 0 aliphatic carbocycles. The molecule has 3 aromatic rings. The molecule has 0 saturated heterocycles. The molecular formula is C16H11FN4O. The van der Waals surface area contributed by atoms with Crippen LogP contribution in [0.3, 0.4) is 0 Å². The van der Waals surface area contributed by atoms with E-state index in [0.29, 0.717) is 17.1 Å². The number of hydrogen-bond acceptors (Lipinski definition) is 4. The molecule has 0 bridgehead atoms. The van der Waals surface area contributed by atoms with Gasteiger partial charge in [-0.2, -0.15) is 5.26 Å². The monoisotopic (exact) mass is 294 g/mol. The summed E-state index contributed by atoms with van der Waals surface area (Å²) in [6.07, 6.45) is 0. The minimum absolute atomic E-state index is 0.108. The molecule has 0 fully saturated rings. The molecule has 3 rings (SSSR count). The van der Waals surface area contributed by atoms with Crippen LogP contribution in [-0.2, 0) is 6.61 Å². The van der Waals surface area contributed by atoms with E-state index < -0.39 is 0 Å². The number of hydrogen-bond donors (Lipinski definition) is 0. The third kappa shape index (κ3) is 2.79. The molecule has 0 atom stereocenters. The molecule has 6 heteroatoms. The topological polar surface area (TPSA) is 63.7 Å². The fourth-order valence-corrected chi connectivity index (χ4v) is 2.00. The molecule has 108 valence electrons. The van der Waals surface area contributed by atoms with Gasteiger partial charge >= 0.3 is 0 Å². The number of halogens is 1. The van der Waals surface area contributed by atoms with Crippen molar-refractivity contribution in [1.82, 2.24) is 15.0 Å². The third-order valence-corrected chi connectivity index (χ3v) is 3.04. The lowest BCUT2D eigenvalue weighted by Crippen LogP contribution is -2.07. The highest BCUT2D eigenvalue weighted by Crippen LogP contribution is 2.17. The Morgan fingerprint density at radius 1 is 1.14 bits per heavy atom. The SMILES string of the molecule is N#Cc1nnn(-c2cccc(F)c2)c1COc1ccccc1. The highest BCUT2D eigenvalue weighted by atomic mass is 19.1. The van der Waals surface area contributed by atoms with Crippen LogP contribution in [0.4, 0.5) is 4.39 Å². The van der Waals surface area contributed by atoms with E-state index >= 15 is 0 Å². The normalized spacial score (nSPS) is 10.2. The predicted octanol–water partition coefficient (Wildman–Crippen LogP) is 2.86. The smallest absolute Gasteiger partial charge is 0.189 e. The van der Waals surface area contributed by atoms with Crippen molar-refractivity contribution in [3.8, 4) is 17.5 Å². The number of aromatic nitrogens is 3. The van der Waals surface area contributed by atoms with Gasteiger partial charge in [-0.3, -0.25) is 0 Å². The van der Waals surface area contributed by atoms with E-state index in [0.717, 1.165) is 0 Å². The molecule has 22 heavy (non-hydrogen) atoms. The molecule has 0 amide bonds. The first kappa shape index (κ1) is 13.8. The number of nitrogens with zero attached hydrogens (tertiary/aromatic N) is 4. The van der Waals surface area contributed by atoms with E-state index in [1.165, 1.54) is 16.8 Å². The number of nitriles is 1. The Bertz CT molecular complexity index is 824. The Labute approximate surface area is 126 Å². The van der Waals surface area contributed by atoms with Gasteiger partial charge in [0.05, 0.1) is 5.69 Å². The lowest BCUT2D eigenvalue weighted by atomic mass is 10.3. The minimum atomic E-state index is -0.388. The van der Waals surface area contributed by atoms with E-state index in [1.807, 2.05) is 36.4 Å². The van der Waals surface area contributed by atoms with Crippen LogP contribution in [0.25, 0.3) is 5.69 Å². The van der Waals surface area contributed by atoms with Crippen LogP contribution in [0.15, 0.2) is 54.6 Å². The maximum Gasteiger partial charge on any atom is 0.189 e. The average Bonchev–Trinajstić information content (AvgIpc) is 2.97. The molecule has 0 unspecified atom stereocenters. The van der Waals surface area contributed by atoms with E-state index in [2.05, 4.69) is 10.3 Å². The predicted molar refractivity (Wildman–Crippen MR) is 76.8 cm³/mol. The van der Waals surface area contributed by atoms with Gasteiger partial charge in [-0.15, -0.1) is 5.10 Å². The lowest BCUT2D eigenvalue weighted by Gasteiger charge is -2.08. The lowest BCUT2D eigenvalue weighted by molar-refractivity contribution is 0.297. The zero-order chi connectivity index (χ0) is 15.4. The Kier molecular flexibility index (Phi) is 3.79. The summed E-state index contributed by atoms with van der Waals surface area (Å²) in [6.45, 7) is 0.108. The van der Waals surface area contributed by atoms with Gasteiger partial charge in [0.15, 0.2) is 5.69 Å². The summed E-state index contributed by atoms with van der Waals surface area (Å²) in [4.78, 5) is 0. The quantitative estimate of drug-likeness (QED) is 0.742. The van der Waals surface area contributed by atoms with Crippen LogP contribution in [0, 0.1) is 17.1 Å². The van der Waals surface area contributed by atoms with Gasteiger partial charge in [-0.1, -0.05) is 29.5 Å². The summed E-state index contributed by atoms with van der Waals surface area (Å²) >= 11 is 0. The van der Waals surface area contributed by atoms with Crippen LogP contribution < -0.4 is 4.74 Å². The maximum absolute atomic E-state index is 13.4. The number of ether oxygens (including phenoxy) is 1. The average molecular weight is 294 g/mol. The van der Waals surface area contributed by atoms with Crippen LogP contribution in [0.1, 0.15) is 11.4 Å². The summed E-state index contributed by atoms with van der Waals surface area (Å²) < 4.78 is 20.4. The van der Waals surface area contributed by atoms with E-state index in [1.54, 1.807) is 12.1 Å². The molecule has 0 saturated carbocycles. The summed E-state index contributed by atoms with van der Waals surface area (Å²) in [5.74, 6) is 0.278. The molecule has 0 spiro atoms. The highest BCUT2D eigenvalue weighted by Gasteiger charge is 2.15. The van der Waals surface area contributed by atoms with Crippen LogP contribution >= 0.6 is 0 Å². The Hall–Kier alpha value is -3.20. The van der Waals surface area contributed by atoms with Crippen LogP contribution in [-0.4, -0.2) is 15.0 Å². The van der Waals surface area contributed by atoms with E-state index in [4.69, 9.17) is 10.00 Å². The Morgan fingerprint density at radius 2 is 1.95 bits per heavy atom. The van der Waals surface area contributed by atoms with Crippen molar-refractivity contribution >= 4 is 0 Å². The summed E-state index contributed by atoms with van der Waals surface area (Å²) in [7, 11) is 0. The van der Waals surface area contributed by atoms with Gasteiger partial charge in [-0.05, 0) is 30.3 Å². The molecule has 5 nitrogen and oxygen atoms in total. The second-order valence-corrected chi connectivity index (χ2v) is 4.49. The molecule has 0 aliphatic rings. The standard InChI is InChI=1S/C16H11FN4O/c17-12-5-4-6-13(9-12)21-16(15(10-18)19-20-21)11-22-14-7-2-1-3-8-14/h1-9H,11H2. The van der Waals surface area contributed by atoms with Crippen molar-refractivity contribution in [2.24, 2.45) is 0 Å². The summed E-state index contributed by atoms with van der Waals surface area (Å²) in [5.41, 5.74) is 1.11. The maximum atomic E-state index is 13.4. The van der Waals surface area contributed by atoms with Crippen molar-refractivity contribution in [2.45, 2.75) is 6.61 Å². The van der Waals surface area contributed by atoms with Gasteiger partial charge < -0.3 is 4.74 Å². The van der Waals surface area contributed by atoms with Gasteiger partial charge in [0, 0.05) is 0 Å². The van der Waals surface area contributed by atoms with E-state index in [9.17, 15) is 4.39 Å². The van der Waals surface area contributed by atoms with Crippen molar-refractivity contribution in [2.75, 3.05) is 0 Å². The first-order valence-corrected chi connectivity index (χ1v) is 6.56. The second-order valence-electron chi connectivity index (χ2n) is 4.49. The molecule has 0 radical (unpaired) electrons. The largest absolute Gasteiger partial charge is 0.487 e. The first-order chi connectivity index (χ1) is 10.8. The molecule has 1 heterocycles. The molecule has 1 aromatic heterocycles. The van der Waals surface area contributed by atoms with Gasteiger partial charge in [-0.25, -0.2) is 9.07 Å². The fraction of sp³-hybridized carbons (Fsp3) is 0.0625. The van der Waals surface area contributed by atoms with Gasteiger partial charge in [0.25, 0.3) is 0 Å². The van der Waals surface area contributed by atoms with Crippen LogP contribution in [0.5, 0.6) is 5.75 Å². The number of benzene rings is 2. The molecule has 0 N–H and O–H groups in total. The highest BCUT2D eigenvalue weighted by molar-refractivity contribution is 5.36. The van der Waals surface area contributed by atoms with Crippen molar-refractivity contribution < 1.29 is 9.13 Å². The summed E-state index contributed by atoms with van der Waals surface area (Å²) in [6, 6.07) is 17.1. The summed E-state index contributed by atoms with van der Waals surface area (Å²) in [5, 5.41) is 16.8. The Morgan fingerprint density at radius 3 is 2.68 bits per heavy atom. The van der Waals surface area contributed by atoms with Gasteiger partial charge in [0.1, 0.15) is 29.9 Å². The fourth-order valence-electron chi connectivity index (χ4n) is 2.00. The van der Waals surface area contributed by atoms with Crippen molar-refractivity contribution in [3.63, 3.8) is 0 Å². The third-order valence-electron chi connectivity index (χ3n) is 3.04. The first-order valence-electron chi connectivity index (χ1n) is 6.56. The zero-order valence-corrected chi connectivity index (χ0v) is 11.5. The van der Waals surface area contributed by atoms with Crippen molar-refractivity contribution in [3.05, 3.63) is 71.8 Å². The van der Waals surface area contributed by atoms with E-state index in [-0.39, 0.29) is 18.1 Å². The van der Waals surface area contributed by atoms with Gasteiger partial charge in [0.2, 0.25) is 0 Å². The molecule has 2 aromatic carbocycles. The molecule has 0 aliphatic heterocycles. The van der Waals surface area contributed by atoms with Crippen LogP contribution in [0.2, 0.25) is 0 Å². The number of rotatable bonds is 4. The molecular weight excluding hydrogens is 283 g/mol. The second kappa shape index (κ2) is 6.06. The zero-order valence-electron chi connectivity index (χ0n) is 11.5. The minimum Gasteiger partial charge on any atom is -0.487 e. The van der Waals surface area contributed by atoms with Crippen molar-refractivity contribution in [1.29, 1.82) is 5.26 Å². The number of para-hydroxylation sites is 1. The Balaban J connectivity index is 1.93.